The van der Waals surface area contributed by atoms with Crippen LogP contribution in [0.4, 0.5) is 10.1 Å². The Kier molecular flexibility index (Phi) is 6.19. The maximum atomic E-state index is 13.6. The van der Waals surface area contributed by atoms with Gasteiger partial charge in [-0.2, -0.15) is 5.10 Å². The third-order valence-electron chi connectivity index (χ3n) is 4.22. The van der Waals surface area contributed by atoms with E-state index in [4.69, 9.17) is 9.47 Å². The van der Waals surface area contributed by atoms with Gasteiger partial charge in [0.05, 0.1) is 18.3 Å². The Bertz CT molecular complexity index is 744. The summed E-state index contributed by atoms with van der Waals surface area (Å²) in [6.07, 6.45) is 3.91. The highest BCUT2D eigenvalue weighted by Crippen LogP contribution is 2.26. The van der Waals surface area contributed by atoms with Gasteiger partial charge in [0.2, 0.25) is 0 Å². The fourth-order valence-electron chi connectivity index (χ4n) is 2.87. The van der Waals surface area contributed by atoms with E-state index in [-0.39, 0.29) is 17.4 Å². The van der Waals surface area contributed by atoms with Crippen LogP contribution < -0.4 is 15.4 Å². The van der Waals surface area contributed by atoms with Gasteiger partial charge in [0.15, 0.2) is 5.69 Å². The Hall–Kier alpha value is -2.45. The Morgan fingerprint density at radius 3 is 3.08 bits per heavy atom. The van der Waals surface area contributed by atoms with E-state index in [1.165, 1.54) is 18.2 Å². The van der Waals surface area contributed by atoms with Crippen LogP contribution in [-0.4, -0.2) is 49.1 Å². The molecular weight excluding hydrogens is 339 g/mol. The molecule has 1 saturated heterocycles. The summed E-state index contributed by atoms with van der Waals surface area (Å²) in [7, 11) is 1.56. The molecule has 1 fully saturated rings. The second-order valence-electron chi connectivity index (χ2n) is 6.12. The molecule has 0 saturated carbocycles. The predicted octanol–water partition coefficient (Wildman–Crippen LogP) is 2.22. The van der Waals surface area contributed by atoms with Gasteiger partial charge in [0, 0.05) is 25.9 Å². The first-order valence-electron chi connectivity index (χ1n) is 8.66. The lowest BCUT2D eigenvalue weighted by atomic mass is 10.1. The second-order valence-corrected chi connectivity index (χ2v) is 6.12. The third kappa shape index (κ3) is 4.59. The van der Waals surface area contributed by atoms with E-state index >= 15 is 0 Å². The predicted molar refractivity (Wildman–Crippen MR) is 95.1 cm³/mol. The summed E-state index contributed by atoms with van der Waals surface area (Å²) in [5.74, 6) is -0.486. The monoisotopic (exact) mass is 362 g/mol. The number of halogens is 1. The van der Waals surface area contributed by atoms with E-state index in [0.717, 1.165) is 25.9 Å². The number of methoxy groups -OCH3 is 1. The Morgan fingerprint density at radius 1 is 1.42 bits per heavy atom. The van der Waals surface area contributed by atoms with E-state index in [1.54, 1.807) is 19.4 Å². The summed E-state index contributed by atoms with van der Waals surface area (Å²) < 4.78 is 25.8. The number of benzene rings is 1. The van der Waals surface area contributed by atoms with Gasteiger partial charge in [-0.15, -0.1) is 0 Å². The number of anilines is 1. The fourth-order valence-corrected chi connectivity index (χ4v) is 2.87. The molecule has 3 rings (SSSR count). The van der Waals surface area contributed by atoms with Gasteiger partial charge in [0.25, 0.3) is 5.91 Å². The molecule has 1 atom stereocenters. The number of nitrogens with zero attached hydrogens (tertiary/aromatic N) is 2. The average Bonchev–Trinajstić information content (AvgIpc) is 3.15. The summed E-state index contributed by atoms with van der Waals surface area (Å²) >= 11 is 0. The van der Waals surface area contributed by atoms with Crippen molar-refractivity contribution in [3.8, 4) is 5.75 Å². The molecule has 1 aromatic carbocycles. The van der Waals surface area contributed by atoms with Crippen molar-refractivity contribution in [3.05, 3.63) is 42.0 Å². The number of hydrogen-bond donors (Lipinski definition) is 2. The molecule has 0 spiro atoms. The van der Waals surface area contributed by atoms with Crippen LogP contribution in [0.5, 0.6) is 5.75 Å². The number of piperidine rings is 1. The lowest BCUT2D eigenvalue weighted by Gasteiger charge is -2.22. The van der Waals surface area contributed by atoms with Crippen molar-refractivity contribution in [1.82, 2.24) is 15.1 Å². The zero-order valence-corrected chi connectivity index (χ0v) is 14.7. The summed E-state index contributed by atoms with van der Waals surface area (Å²) in [5.41, 5.74) is 0.544. The van der Waals surface area contributed by atoms with Crippen LogP contribution in [-0.2, 0) is 4.74 Å². The maximum absolute atomic E-state index is 13.6. The number of ether oxygens (including phenoxy) is 2. The number of amides is 1. The summed E-state index contributed by atoms with van der Waals surface area (Å²) in [5, 5.41) is 10.4. The number of rotatable bonds is 7. The van der Waals surface area contributed by atoms with Crippen molar-refractivity contribution in [2.24, 2.45) is 0 Å². The SMILES string of the molecule is COCCOc1ccc(F)cc1NC(=O)c1ccn(C2CCCNC2)n1. The maximum Gasteiger partial charge on any atom is 0.276 e. The molecule has 1 aliphatic heterocycles. The molecule has 1 unspecified atom stereocenters. The van der Waals surface area contributed by atoms with Crippen LogP contribution >= 0.6 is 0 Å². The molecule has 0 radical (unpaired) electrons. The van der Waals surface area contributed by atoms with E-state index < -0.39 is 11.7 Å². The quantitative estimate of drug-likeness (QED) is 0.739. The third-order valence-corrected chi connectivity index (χ3v) is 4.22. The second kappa shape index (κ2) is 8.77. The van der Waals surface area contributed by atoms with Crippen LogP contribution in [0.25, 0.3) is 0 Å². The Morgan fingerprint density at radius 2 is 2.31 bits per heavy atom. The van der Waals surface area contributed by atoms with E-state index in [0.29, 0.717) is 19.0 Å². The van der Waals surface area contributed by atoms with Gasteiger partial charge >= 0.3 is 0 Å². The zero-order chi connectivity index (χ0) is 18.4. The van der Waals surface area contributed by atoms with Crippen LogP contribution in [0.3, 0.4) is 0 Å². The zero-order valence-electron chi connectivity index (χ0n) is 14.7. The molecular formula is C18H23FN4O3. The van der Waals surface area contributed by atoms with Crippen LogP contribution in [0.2, 0.25) is 0 Å². The minimum absolute atomic E-state index is 0.243. The largest absolute Gasteiger partial charge is 0.489 e. The molecule has 0 bridgehead atoms. The Balaban J connectivity index is 1.69. The lowest BCUT2D eigenvalue weighted by Crippen LogP contribution is -2.32. The molecule has 26 heavy (non-hydrogen) atoms. The molecule has 1 aromatic heterocycles. The highest BCUT2D eigenvalue weighted by molar-refractivity contribution is 6.03. The van der Waals surface area contributed by atoms with Crippen molar-refractivity contribution in [2.45, 2.75) is 18.9 Å². The average molecular weight is 362 g/mol. The van der Waals surface area contributed by atoms with Crippen molar-refractivity contribution in [2.75, 3.05) is 38.7 Å². The van der Waals surface area contributed by atoms with Crippen molar-refractivity contribution in [1.29, 1.82) is 0 Å². The molecule has 1 amide bonds. The van der Waals surface area contributed by atoms with Gasteiger partial charge in [0.1, 0.15) is 18.2 Å². The molecule has 1 aliphatic rings. The fraction of sp³-hybridized carbons (Fsp3) is 0.444. The Labute approximate surface area is 151 Å². The summed E-state index contributed by atoms with van der Waals surface area (Å²) in [6.45, 7) is 2.54. The first-order chi connectivity index (χ1) is 12.7. The minimum Gasteiger partial charge on any atom is -0.489 e. The molecule has 2 aromatic rings. The molecule has 8 heteroatoms. The lowest BCUT2D eigenvalue weighted by molar-refractivity contribution is 0.102. The highest BCUT2D eigenvalue weighted by Gasteiger charge is 2.18. The van der Waals surface area contributed by atoms with Crippen molar-refractivity contribution in [3.63, 3.8) is 0 Å². The van der Waals surface area contributed by atoms with E-state index in [9.17, 15) is 9.18 Å². The van der Waals surface area contributed by atoms with E-state index in [2.05, 4.69) is 15.7 Å². The first-order valence-corrected chi connectivity index (χ1v) is 8.66. The minimum atomic E-state index is -0.460. The van der Waals surface area contributed by atoms with E-state index in [1.807, 2.05) is 4.68 Å². The van der Waals surface area contributed by atoms with Crippen LogP contribution in [0.1, 0.15) is 29.4 Å². The number of aromatic nitrogens is 2. The van der Waals surface area contributed by atoms with Gasteiger partial charge < -0.3 is 20.1 Å². The first kappa shape index (κ1) is 18.3. The smallest absolute Gasteiger partial charge is 0.276 e. The van der Waals surface area contributed by atoms with Gasteiger partial charge in [-0.05, 0) is 37.6 Å². The number of hydrogen-bond acceptors (Lipinski definition) is 5. The highest BCUT2D eigenvalue weighted by atomic mass is 19.1. The topological polar surface area (TPSA) is 77.4 Å². The molecule has 2 heterocycles. The van der Waals surface area contributed by atoms with Crippen molar-refractivity contribution < 1.29 is 18.7 Å². The van der Waals surface area contributed by atoms with Crippen LogP contribution in [0.15, 0.2) is 30.5 Å². The van der Waals surface area contributed by atoms with Gasteiger partial charge in [-0.1, -0.05) is 0 Å². The van der Waals surface area contributed by atoms with Crippen LogP contribution in [0, 0.1) is 5.82 Å². The summed E-state index contributed by atoms with van der Waals surface area (Å²) in [4.78, 5) is 12.5. The van der Waals surface area contributed by atoms with Gasteiger partial charge in [-0.25, -0.2) is 4.39 Å². The molecule has 0 aliphatic carbocycles. The van der Waals surface area contributed by atoms with Gasteiger partial charge in [-0.3, -0.25) is 9.48 Å². The molecule has 140 valence electrons. The molecule has 2 N–H and O–H groups in total. The standard InChI is InChI=1S/C18H23FN4O3/c1-25-9-10-26-17-5-4-13(19)11-16(17)21-18(24)15-6-8-23(22-15)14-3-2-7-20-12-14/h4-6,8,11,14,20H,2-3,7,9-10,12H2,1H3,(H,21,24). The number of carbonyl (C=O) groups is 1. The van der Waals surface area contributed by atoms with Crippen molar-refractivity contribution >= 4 is 11.6 Å². The number of nitrogens with one attached hydrogen (secondary N) is 2. The normalized spacial score (nSPS) is 17.1. The molecule has 7 nitrogen and oxygen atoms in total. The summed E-state index contributed by atoms with van der Waals surface area (Å²) in [6, 6.07) is 5.89. The number of carbonyl (C=O) groups excluding carboxylic acids is 1.